The Morgan fingerprint density at radius 1 is 1.11 bits per heavy atom. The van der Waals surface area contributed by atoms with Gasteiger partial charge in [0, 0.05) is 30.6 Å². The predicted molar refractivity (Wildman–Crippen MR) is 123 cm³/mol. The molecule has 3 amide bonds. The Labute approximate surface area is 203 Å². The van der Waals surface area contributed by atoms with Gasteiger partial charge < -0.3 is 19.7 Å². The van der Waals surface area contributed by atoms with E-state index in [9.17, 15) is 24.6 Å². The van der Waals surface area contributed by atoms with Crippen molar-refractivity contribution < 1.29 is 34.1 Å². The quantitative estimate of drug-likeness (QED) is 0.421. The van der Waals surface area contributed by atoms with Crippen LogP contribution in [0.15, 0.2) is 35.4 Å². The monoisotopic (exact) mass is 485 g/mol. The molecular formula is C25H31N3O7. The van der Waals surface area contributed by atoms with Gasteiger partial charge >= 0.3 is 6.09 Å². The molecule has 2 aliphatic heterocycles. The number of hydrogen-bond donors (Lipinski definition) is 3. The number of benzene rings is 1. The van der Waals surface area contributed by atoms with Crippen LogP contribution in [0.25, 0.3) is 0 Å². The fraction of sp³-hybridized carbons (Fsp3) is 0.600. The van der Waals surface area contributed by atoms with Gasteiger partial charge in [0.25, 0.3) is 0 Å². The standard InChI is InChI=1S/C25H31N3O7/c29-19-11-18(26-27-25(33)35-13-14-5-2-1-3-6-14)16-8-9-17-21(20(16)22(19)30)24(32)28(23(17)31)12-15-7-4-10-34-15/h1-3,5-6,15-17,19-22,29-30H,4,7-13H2,(H,27,33)/t15-,16+,17+,19+,20+,21+,22-/m0/s1. The minimum atomic E-state index is -1.16. The van der Waals surface area contributed by atoms with Gasteiger partial charge in [0.2, 0.25) is 11.8 Å². The second-order valence-electron chi connectivity index (χ2n) is 9.85. The Balaban J connectivity index is 1.29. The van der Waals surface area contributed by atoms with E-state index in [1.54, 1.807) is 0 Å². The number of imide groups is 1. The van der Waals surface area contributed by atoms with Crippen molar-refractivity contribution in [2.24, 2.45) is 28.8 Å². The van der Waals surface area contributed by atoms with E-state index in [-0.39, 0.29) is 43.4 Å². The fourth-order valence-corrected chi connectivity index (χ4v) is 6.11. The fourth-order valence-electron chi connectivity index (χ4n) is 6.11. The van der Waals surface area contributed by atoms with Crippen LogP contribution in [0.2, 0.25) is 0 Å². The number of nitrogens with one attached hydrogen (secondary N) is 1. The molecule has 3 N–H and O–H groups in total. The molecule has 0 spiro atoms. The van der Waals surface area contributed by atoms with Crippen molar-refractivity contribution >= 4 is 23.6 Å². The summed E-state index contributed by atoms with van der Waals surface area (Å²) >= 11 is 0. The average molecular weight is 486 g/mol. The van der Waals surface area contributed by atoms with Crippen molar-refractivity contribution in [2.45, 2.75) is 57.0 Å². The normalized spacial score (nSPS) is 35.7. The first-order chi connectivity index (χ1) is 16.9. The lowest BCUT2D eigenvalue weighted by Gasteiger charge is -2.45. The van der Waals surface area contributed by atoms with E-state index in [2.05, 4.69) is 10.5 Å². The summed E-state index contributed by atoms with van der Waals surface area (Å²) in [6.07, 6.45) is -0.387. The highest BCUT2D eigenvalue weighted by Gasteiger charge is 2.59. The molecule has 0 bridgehead atoms. The molecule has 188 valence electrons. The molecule has 10 heteroatoms. The zero-order valence-electron chi connectivity index (χ0n) is 19.4. The molecule has 2 saturated heterocycles. The van der Waals surface area contributed by atoms with Crippen LogP contribution >= 0.6 is 0 Å². The summed E-state index contributed by atoms with van der Waals surface area (Å²) in [6.45, 7) is 0.951. The highest BCUT2D eigenvalue weighted by molar-refractivity contribution is 6.06. The lowest BCUT2D eigenvalue weighted by molar-refractivity contribution is -0.143. The van der Waals surface area contributed by atoms with Gasteiger partial charge in [-0.3, -0.25) is 14.5 Å². The van der Waals surface area contributed by atoms with Crippen LogP contribution in [0, 0.1) is 23.7 Å². The summed E-state index contributed by atoms with van der Waals surface area (Å²) in [5.74, 6) is -2.75. The molecular weight excluding hydrogens is 454 g/mol. The lowest BCUT2D eigenvalue weighted by Crippen LogP contribution is -2.55. The van der Waals surface area contributed by atoms with Gasteiger partial charge in [-0.2, -0.15) is 5.10 Å². The number of aliphatic hydroxyl groups excluding tert-OH is 2. The van der Waals surface area contributed by atoms with Crippen molar-refractivity contribution in [2.75, 3.05) is 13.2 Å². The number of amides is 3. The second-order valence-corrected chi connectivity index (χ2v) is 9.85. The molecule has 7 atom stereocenters. The van der Waals surface area contributed by atoms with Gasteiger partial charge in [0.15, 0.2) is 0 Å². The molecule has 4 fully saturated rings. The van der Waals surface area contributed by atoms with Gasteiger partial charge in [0.1, 0.15) is 6.61 Å². The van der Waals surface area contributed by atoms with Crippen molar-refractivity contribution in [3.8, 4) is 0 Å². The Morgan fingerprint density at radius 2 is 1.89 bits per heavy atom. The second kappa shape index (κ2) is 10.0. The van der Waals surface area contributed by atoms with E-state index >= 15 is 0 Å². The van der Waals surface area contributed by atoms with Gasteiger partial charge in [-0.05, 0) is 31.2 Å². The van der Waals surface area contributed by atoms with Gasteiger partial charge in [-0.25, -0.2) is 10.2 Å². The van der Waals surface area contributed by atoms with Crippen LogP contribution in [0.4, 0.5) is 4.79 Å². The van der Waals surface area contributed by atoms with Crippen LogP contribution in [0.3, 0.4) is 0 Å². The largest absolute Gasteiger partial charge is 0.443 e. The number of hydrazone groups is 1. The number of ether oxygens (including phenoxy) is 2. The highest BCUT2D eigenvalue weighted by atomic mass is 16.6. The minimum absolute atomic E-state index is 0.0699. The number of fused-ring (bicyclic) bond motifs is 3. The number of aliphatic hydroxyl groups is 2. The molecule has 2 aliphatic carbocycles. The molecule has 4 aliphatic rings. The average Bonchev–Trinajstić information content (AvgIpc) is 3.47. The number of carbonyl (C=O) groups excluding carboxylic acids is 3. The molecule has 0 aromatic heterocycles. The maximum Gasteiger partial charge on any atom is 0.428 e. The smallest absolute Gasteiger partial charge is 0.428 e. The lowest BCUT2D eigenvalue weighted by atomic mass is 9.60. The van der Waals surface area contributed by atoms with Crippen molar-refractivity contribution in [1.82, 2.24) is 10.3 Å². The van der Waals surface area contributed by atoms with E-state index in [1.807, 2.05) is 30.3 Å². The van der Waals surface area contributed by atoms with Crippen LogP contribution in [-0.2, 0) is 25.7 Å². The first-order valence-corrected chi connectivity index (χ1v) is 12.3. The summed E-state index contributed by atoms with van der Waals surface area (Å²) in [7, 11) is 0. The SMILES string of the molecule is O=C(NN=C1C[C@@H](O)[C@H](O)[C@H]2[C@@H]3C(=O)N(C[C@@H]4CCCO4)C(=O)[C@@H]3CC[C@H]12)OCc1ccccc1. The Kier molecular flexibility index (Phi) is 6.86. The Hall–Kier alpha value is -2.82. The number of hydrogen-bond acceptors (Lipinski definition) is 8. The van der Waals surface area contributed by atoms with Crippen LogP contribution in [0.5, 0.6) is 0 Å². The van der Waals surface area contributed by atoms with Crippen LogP contribution in [-0.4, -0.2) is 70.2 Å². The van der Waals surface area contributed by atoms with Crippen LogP contribution in [0.1, 0.15) is 37.7 Å². The third-order valence-electron chi connectivity index (χ3n) is 7.78. The van der Waals surface area contributed by atoms with Gasteiger partial charge in [-0.15, -0.1) is 0 Å². The number of likely N-dealkylation sites (tertiary alicyclic amines) is 1. The topological polar surface area (TPSA) is 138 Å². The highest BCUT2D eigenvalue weighted by Crippen LogP contribution is 2.49. The first-order valence-electron chi connectivity index (χ1n) is 12.3. The number of nitrogens with zero attached hydrogens (tertiary/aromatic N) is 2. The zero-order valence-corrected chi connectivity index (χ0v) is 19.4. The van der Waals surface area contributed by atoms with E-state index in [0.29, 0.717) is 25.2 Å². The van der Waals surface area contributed by atoms with Crippen LogP contribution < -0.4 is 5.43 Å². The Morgan fingerprint density at radius 3 is 2.63 bits per heavy atom. The molecule has 2 saturated carbocycles. The molecule has 1 aromatic rings. The molecule has 35 heavy (non-hydrogen) atoms. The van der Waals surface area contributed by atoms with E-state index in [4.69, 9.17) is 9.47 Å². The first kappa shape index (κ1) is 23.9. The van der Waals surface area contributed by atoms with Crippen molar-refractivity contribution in [3.63, 3.8) is 0 Å². The summed E-state index contributed by atoms with van der Waals surface area (Å²) in [5, 5.41) is 25.7. The molecule has 1 aromatic carbocycles. The molecule has 2 heterocycles. The summed E-state index contributed by atoms with van der Waals surface area (Å²) in [6, 6.07) is 9.23. The molecule has 0 radical (unpaired) electrons. The maximum absolute atomic E-state index is 13.4. The number of carbonyl (C=O) groups is 3. The van der Waals surface area contributed by atoms with Gasteiger partial charge in [-0.1, -0.05) is 30.3 Å². The van der Waals surface area contributed by atoms with Crippen molar-refractivity contribution in [3.05, 3.63) is 35.9 Å². The maximum atomic E-state index is 13.4. The Bertz CT molecular complexity index is 994. The van der Waals surface area contributed by atoms with E-state index in [0.717, 1.165) is 18.4 Å². The zero-order chi connectivity index (χ0) is 24.5. The van der Waals surface area contributed by atoms with Gasteiger partial charge in [0.05, 0.1) is 36.7 Å². The van der Waals surface area contributed by atoms with E-state index in [1.165, 1.54) is 4.90 Å². The number of rotatable bonds is 5. The summed E-state index contributed by atoms with van der Waals surface area (Å²) in [5.41, 5.74) is 3.72. The molecule has 10 nitrogen and oxygen atoms in total. The third kappa shape index (κ3) is 4.70. The van der Waals surface area contributed by atoms with E-state index < -0.39 is 36.1 Å². The predicted octanol–water partition coefficient (Wildman–Crippen LogP) is 1.20. The molecule has 0 unspecified atom stereocenters. The van der Waals surface area contributed by atoms with Crippen molar-refractivity contribution in [1.29, 1.82) is 0 Å². The molecule has 5 rings (SSSR count). The minimum Gasteiger partial charge on any atom is -0.443 e. The summed E-state index contributed by atoms with van der Waals surface area (Å²) in [4.78, 5) is 39.9. The summed E-state index contributed by atoms with van der Waals surface area (Å²) < 4.78 is 10.8. The third-order valence-corrected chi connectivity index (χ3v) is 7.78.